The quantitative estimate of drug-likeness (QED) is 0.748. The fourth-order valence-corrected chi connectivity index (χ4v) is 2.69. The van der Waals surface area contributed by atoms with E-state index in [0.717, 1.165) is 5.92 Å². The molecule has 0 saturated heterocycles. The Morgan fingerprint density at radius 1 is 1.29 bits per heavy atom. The van der Waals surface area contributed by atoms with Crippen molar-refractivity contribution in [1.29, 1.82) is 0 Å². The van der Waals surface area contributed by atoms with Gasteiger partial charge in [0.1, 0.15) is 0 Å². The summed E-state index contributed by atoms with van der Waals surface area (Å²) in [5.74, 6) is 0.797. The normalized spacial score (nSPS) is 33.4. The van der Waals surface area contributed by atoms with Gasteiger partial charge < -0.3 is 15.2 Å². The fourth-order valence-electron chi connectivity index (χ4n) is 2.69. The average molecular weight is 241 g/mol. The number of ether oxygens (including phenoxy) is 1. The summed E-state index contributed by atoms with van der Waals surface area (Å²) in [5, 5.41) is 13.0. The number of hydrogen-bond acceptors (Lipinski definition) is 3. The van der Waals surface area contributed by atoms with E-state index in [1.54, 1.807) is 0 Å². The minimum atomic E-state index is -0.248. The molecule has 0 spiro atoms. The van der Waals surface area contributed by atoms with Gasteiger partial charge >= 0.3 is 0 Å². The van der Waals surface area contributed by atoms with Crippen molar-refractivity contribution in [3.05, 3.63) is 0 Å². The van der Waals surface area contributed by atoms with Crippen LogP contribution in [-0.2, 0) is 4.74 Å². The van der Waals surface area contributed by atoms with Crippen LogP contribution in [0.2, 0.25) is 0 Å². The van der Waals surface area contributed by atoms with E-state index in [1.165, 1.54) is 38.5 Å². The lowest BCUT2D eigenvalue weighted by atomic mass is 9.88. The monoisotopic (exact) mass is 241 g/mol. The Balaban J connectivity index is 1.74. The minimum Gasteiger partial charge on any atom is -0.394 e. The lowest BCUT2D eigenvalue weighted by Crippen LogP contribution is -2.51. The van der Waals surface area contributed by atoms with Crippen molar-refractivity contribution in [3.8, 4) is 0 Å². The molecule has 2 aliphatic rings. The third-order valence-corrected chi connectivity index (χ3v) is 4.00. The van der Waals surface area contributed by atoms with E-state index in [1.807, 2.05) is 0 Å². The largest absolute Gasteiger partial charge is 0.394 e. The Hall–Kier alpha value is -0.120. The second-order valence-electron chi connectivity index (χ2n) is 6.34. The molecule has 2 saturated carbocycles. The number of aliphatic hydroxyl groups excluding tert-OH is 1. The van der Waals surface area contributed by atoms with Gasteiger partial charge in [0.05, 0.1) is 24.9 Å². The van der Waals surface area contributed by atoms with E-state index in [9.17, 15) is 5.11 Å². The van der Waals surface area contributed by atoms with E-state index < -0.39 is 0 Å². The first-order chi connectivity index (χ1) is 8.11. The minimum absolute atomic E-state index is 0.159. The first-order valence-electron chi connectivity index (χ1n) is 7.11. The third kappa shape index (κ3) is 4.23. The number of aliphatic hydroxyl groups is 1. The number of hydrogen-bond donors (Lipinski definition) is 2. The predicted molar refractivity (Wildman–Crippen MR) is 69.0 cm³/mol. The molecule has 0 radical (unpaired) electrons. The lowest BCUT2D eigenvalue weighted by molar-refractivity contribution is -0.0275. The Labute approximate surface area is 105 Å². The molecule has 0 aromatic rings. The van der Waals surface area contributed by atoms with Crippen LogP contribution < -0.4 is 5.32 Å². The second kappa shape index (κ2) is 5.68. The molecule has 0 aromatic heterocycles. The van der Waals surface area contributed by atoms with Crippen molar-refractivity contribution in [3.63, 3.8) is 0 Å². The lowest BCUT2D eigenvalue weighted by Gasteiger charge is -2.33. The summed E-state index contributed by atoms with van der Waals surface area (Å²) in [6, 6.07) is 0.612. The van der Waals surface area contributed by atoms with Crippen molar-refractivity contribution in [2.24, 2.45) is 5.92 Å². The van der Waals surface area contributed by atoms with Crippen LogP contribution in [-0.4, -0.2) is 36.0 Å². The molecule has 2 rings (SSSR count). The molecular weight excluding hydrogens is 214 g/mol. The van der Waals surface area contributed by atoms with Crippen molar-refractivity contribution >= 4 is 0 Å². The number of nitrogens with one attached hydrogen (secondary N) is 1. The van der Waals surface area contributed by atoms with E-state index >= 15 is 0 Å². The van der Waals surface area contributed by atoms with Crippen LogP contribution in [0.4, 0.5) is 0 Å². The zero-order valence-corrected chi connectivity index (χ0v) is 11.2. The second-order valence-corrected chi connectivity index (χ2v) is 6.34. The first-order valence-corrected chi connectivity index (χ1v) is 7.11. The summed E-state index contributed by atoms with van der Waals surface area (Å²) in [6.07, 6.45) is 7.91. The summed E-state index contributed by atoms with van der Waals surface area (Å²) in [7, 11) is 0. The summed E-state index contributed by atoms with van der Waals surface area (Å²) in [4.78, 5) is 0. The van der Waals surface area contributed by atoms with Gasteiger partial charge in [-0.2, -0.15) is 0 Å². The van der Waals surface area contributed by atoms with Crippen LogP contribution >= 0.6 is 0 Å². The zero-order valence-electron chi connectivity index (χ0n) is 11.2. The standard InChI is InChI=1S/C14H27NO2/c1-11-4-3-5-13(8-11)17-10-14(2,9-16)15-12-6-7-12/h11-13,15-16H,3-10H2,1-2H3. The molecule has 3 atom stereocenters. The highest BCUT2D eigenvalue weighted by Gasteiger charge is 2.33. The van der Waals surface area contributed by atoms with E-state index in [0.29, 0.717) is 18.8 Å². The van der Waals surface area contributed by atoms with Crippen LogP contribution in [0.15, 0.2) is 0 Å². The highest BCUT2D eigenvalue weighted by Crippen LogP contribution is 2.27. The Morgan fingerprint density at radius 2 is 2.06 bits per heavy atom. The predicted octanol–water partition coefficient (Wildman–Crippen LogP) is 2.08. The van der Waals surface area contributed by atoms with Gasteiger partial charge in [-0.25, -0.2) is 0 Å². The molecule has 0 bridgehead atoms. The molecule has 0 aromatic carbocycles. The molecule has 17 heavy (non-hydrogen) atoms. The molecule has 0 aliphatic heterocycles. The summed E-state index contributed by atoms with van der Waals surface area (Å²) in [5.41, 5.74) is -0.248. The summed E-state index contributed by atoms with van der Waals surface area (Å²) in [6.45, 7) is 5.17. The van der Waals surface area contributed by atoms with Crippen LogP contribution in [0.25, 0.3) is 0 Å². The van der Waals surface area contributed by atoms with E-state index in [-0.39, 0.29) is 12.1 Å². The van der Waals surface area contributed by atoms with Gasteiger partial charge in [0.25, 0.3) is 0 Å². The van der Waals surface area contributed by atoms with Gasteiger partial charge in [-0.15, -0.1) is 0 Å². The summed E-state index contributed by atoms with van der Waals surface area (Å²) >= 11 is 0. The highest BCUT2D eigenvalue weighted by molar-refractivity contribution is 4.92. The van der Waals surface area contributed by atoms with Crippen LogP contribution in [0.3, 0.4) is 0 Å². The molecule has 0 amide bonds. The first kappa shape index (κ1) is 13.3. The maximum atomic E-state index is 9.50. The van der Waals surface area contributed by atoms with Crippen molar-refractivity contribution in [2.45, 2.75) is 70.1 Å². The Bertz CT molecular complexity index is 242. The molecule has 0 heterocycles. The number of rotatable bonds is 6. The van der Waals surface area contributed by atoms with Gasteiger partial charge in [-0.1, -0.05) is 19.8 Å². The smallest absolute Gasteiger partial charge is 0.0671 e. The van der Waals surface area contributed by atoms with Gasteiger partial charge in [-0.3, -0.25) is 0 Å². The third-order valence-electron chi connectivity index (χ3n) is 4.00. The molecule has 3 nitrogen and oxygen atoms in total. The van der Waals surface area contributed by atoms with Crippen molar-refractivity contribution < 1.29 is 9.84 Å². The Morgan fingerprint density at radius 3 is 2.65 bits per heavy atom. The fraction of sp³-hybridized carbons (Fsp3) is 1.00. The molecule has 2 aliphatic carbocycles. The average Bonchev–Trinajstić information content (AvgIpc) is 3.11. The molecular formula is C14H27NO2. The SMILES string of the molecule is CC1CCCC(OCC(C)(CO)NC2CC2)C1. The van der Waals surface area contributed by atoms with Crippen LogP contribution in [0.1, 0.15) is 52.4 Å². The van der Waals surface area contributed by atoms with Crippen LogP contribution in [0, 0.1) is 5.92 Å². The summed E-state index contributed by atoms with van der Waals surface area (Å²) < 4.78 is 6.02. The van der Waals surface area contributed by atoms with Gasteiger partial charge in [0.15, 0.2) is 0 Å². The van der Waals surface area contributed by atoms with Crippen LogP contribution in [0.5, 0.6) is 0 Å². The van der Waals surface area contributed by atoms with Gasteiger partial charge in [0.2, 0.25) is 0 Å². The van der Waals surface area contributed by atoms with Gasteiger partial charge in [0, 0.05) is 6.04 Å². The zero-order chi connectivity index (χ0) is 12.3. The molecule has 2 fully saturated rings. The van der Waals surface area contributed by atoms with Crippen molar-refractivity contribution in [2.75, 3.05) is 13.2 Å². The van der Waals surface area contributed by atoms with E-state index in [4.69, 9.17) is 4.74 Å². The topological polar surface area (TPSA) is 41.5 Å². The van der Waals surface area contributed by atoms with Gasteiger partial charge in [-0.05, 0) is 38.5 Å². The molecule has 100 valence electrons. The van der Waals surface area contributed by atoms with E-state index in [2.05, 4.69) is 19.2 Å². The van der Waals surface area contributed by atoms with Crippen molar-refractivity contribution in [1.82, 2.24) is 5.32 Å². The molecule has 3 heteroatoms. The maximum absolute atomic E-state index is 9.50. The highest BCUT2D eigenvalue weighted by atomic mass is 16.5. The molecule has 3 unspecified atom stereocenters. The molecule has 2 N–H and O–H groups in total. The Kier molecular flexibility index (Phi) is 4.45. The maximum Gasteiger partial charge on any atom is 0.0671 e.